The maximum atomic E-state index is 6.28. The van der Waals surface area contributed by atoms with Gasteiger partial charge in [-0.3, -0.25) is 0 Å². The van der Waals surface area contributed by atoms with E-state index in [2.05, 4.69) is 9.97 Å². The summed E-state index contributed by atoms with van der Waals surface area (Å²) in [7, 11) is 0. The number of hydrogen-bond acceptors (Lipinski definition) is 3. The van der Waals surface area contributed by atoms with Crippen LogP contribution in [0, 0.1) is 6.92 Å². The van der Waals surface area contributed by atoms with Crippen LogP contribution in [0.5, 0.6) is 0 Å². The number of furan rings is 1. The molecule has 2 aromatic rings. The van der Waals surface area contributed by atoms with Crippen molar-refractivity contribution in [3.63, 3.8) is 0 Å². The van der Waals surface area contributed by atoms with Crippen molar-refractivity contribution in [3.8, 4) is 11.6 Å². The van der Waals surface area contributed by atoms with Gasteiger partial charge >= 0.3 is 0 Å². The Kier molecular flexibility index (Phi) is 3.08. The van der Waals surface area contributed by atoms with Gasteiger partial charge in [-0.05, 0) is 44.7 Å². The summed E-state index contributed by atoms with van der Waals surface area (Å²) in [5.74, 6) is 2.16. The Morgan fingerprint density at radius 3 is 2.72 bits per heavy atom. The molecule has 2 aromatic heterocycles. The lowest BCUT2D eigenvalue weighted by Crippen LogP contribution is -2.01. The number of aryl methyl sites for hydroxylation is 2. The second-order valence-corrected chi connectivity index (χ2v) is 5.09. The molecular formula is C14H15ClN2O. The average Bonchev–Trinajstić information content (AvgIpc) is 2.63. The van der Waals surface area contributed by atoms with Gasteiger partial charge in [0.25, 0.3) is 0 Å². The summed E-state index contributed by atoms with van der Waals surface area (Å²) in [5.41, 5.74) is 2.22. The van der Waals surface area contributed by atoms with Gasteiger partial charge in [0.1, 0.15) is 10.9 Å². The third-order valence-corrected chi connectivity index (χ3v) is 3.66. The van der Waals surface area contributed by atoms with Gasteiger partial charge in [0.15, 0.2) is 11.6 Å². The van der Waals surface area contributed by atoms with Crippen molar-refractivity contribution >= 4 is 11.6 Å². The van der Waals surface area contributed by atoms with Gasteiger partial charge in [0.05, 0.1) is 0 Å². The van der Waals surface area contributed by atoms with Crippen LogP contribution < -0.4 is 0 Å². The number of nitrogens with zero attached hydrogens (tertiary/aromatic N) is 2. The molecule has 0 amide bonds. The summed E-state index contributed by atoms with van der Waals surface area (Å²) in [5, 5.41) is 0.589. The molecule has 3 rings (SSSR count). The van der Waals surface area contributed by atoms with Crippen LogP contribution in [0.4, 0.5) is 0 Å². The van der Waals surface area contributed by atoms with E-state index >= 15 is 0 Å². The van der Waals surface area contributed by atoms with Gasteiger partial charge in [0.2, 0.25) is 0 Å². The Labute approximate surface area is 111 Å². The van der Waals surface area contributed by atoms with Crippen LogP contribution in [-0.4, -0.2) is 9.97 Å². The SMILES string of the molecule is Cc1ccc(-c2nc(Cl)c3c(n2)CCCCC3)o1. The van der Waals surface area contributed by atoms with Crippen molar-refractivity contribution in [1.82, 2.24) is 9.97 Å². The fourth-order valence-corrected chi connectivity index (χ4v) is 2.67. The summed E-state index contributed by atoms with van der Waals surface area (Å²) in [6.45, 7) is 1.91. The molecule has 0 saturated heterocycles. The van der Waals surface area contributed by atoms with Crippen LogP contribution in [0.15, 0.2) is 16.5 Å². The Hall–Kier alpha value is -1.35. The second-order valence-electron chi connectivity index (χ2n) is 4.73. The van der Waals surface area contributed by atoms with Crippen molar-refractivity contribution in [3.05, 3.63) is 34.3 Å². The molecule has 3 nitrogen and oxygen atoms in total. The van der Waals surface area contributed by atoms with Crippen molar-refractivity contribution in [2.75, 3.05) is 0 Å². The highest BCUT2D eigenvalue weighted by Gasteiger charge is 2.17. The minimum atomic E-state index is 0.589. The van der Waals surface area contributed by atoms with E-state index in [1.807, 2.05) is 19.1 Å². The molecule has 0 fully saturated rings. The highest BCUT2D eigenvalue weighted by Crippen LogP contribution is 2.28. The minimum Gasteiger partial charge on any atom is -0.458 e. The molecule has 0 saturated carbocycles. The average molecular weight is 263 g/mol. The molecule has 94 valence electrons. The van der Waals surface area contributed by atoms with Gasteiger partial charge in [-0.15, -0.1) is 0 Å². The lowest BCUT2D eigenvalue weighted by Gasteiger charge is -2.08. The van der Waals surface area contributed by atoms with Gasteiger partial charge in [-0.2, -0.15) is 0 Å². The highest BCUT2D eigenvalue weighted by atomic mass is 35.5. The fourth-order valence-electron chi connectivity index (χ4n) is 2.39. The molecule has 0 radical (unpaired) electrons. The Balaban J connectivity index is 2.07. The number of rotatable bonds is 1. The molecule has 1 aliphatic carbocycles. The molecule has 0 N–H and O–H groups in total. The van der Waals surface area contributed by atoms with Gasteiger partial charge < -0.3 is 4.42 Å². The van der Waals surface area contributed by atoms with Crippen LogP contribution in [0.1, 0.15) is 36.3 Å². The zero-order valence-electron chi connectivity index (χ0n) is 10.4. The molecule has 18 heavy (non-hydrogen) atoms. The standard InChI is InChI=1S/C14H15ClN2O/c1-9-7-8-12(18-9)14-16-11-6-4-2-3-5-10(11)13(15)17-14/h7-8H,2-6H2,1H3. The fraction of sp³-hybridized carbons (Fsp3) is 0.429. The predicted octanol–water partition coefficient (Wildman–Crippen LogP) is 3.97. The van der Waals surface area contributed by atoms with E-state index in [-0.39, 0.29) is 0 Å². The predicted molar refractivity (Wildman–Crippen MR) is 70.7 cm³/mol. The first-order valence-electron chi connectivity index (χ1n) is 6.36. The third kappa shape index (κ3) is 2.15. The summed E-state index contributed by atoms with van der Waals surface area (Å²) < 4.78 is 5.56. The lowest BCUT2D eigenvalue weighted by atomic mass is 10.1. The van der Waals surface area contributed by atoms with Crippen LogP contribution in [0.2, 0.25) is 5.15 Å². The van der Waals surface area contributed by atoms with Crippen molar-refractivity contribution in [2.45, 2.75) is 39.0 Å². The second kappa shape index (κ2) is 4.73. The molecule has 0 bridgehead atoms. The summed E-state index contributed by atoms with van der Waals surface area (Å²) >= 11 is 6.28. The molecular weight excluding hydrogens is 248 g/mol. The first-order chi connectivity index (χ1) is 8.74. The van der Waals surface area contributed by atoms with Gasteiger partial charge in [-0.25, -0.2) is 9.97 Å². The molecule has 4 heteroatoms. The number of fused-ring (bicyclic) bond motifs is 1. The van der Waals surface area contributed by atoms with Crippen molar-refractivity contribution < 1.29 is 4.42 Å². The Bertz CT molecular complexity index is 577. The first kappa shape index (κ1) is 11.7. The van der Waals surface area contributed by atoms with E-state index in [9.17, 15) is 0 Å². The lowest BCUT2D eigenvalue weighted by molar-refractivity contribution is 0.543. The normalized spacial score (nSPS) is 15.2. The molecule has 0 spiro atoms. The topological polar surface area (TPSA) is 38.9 Å². The van der Waals surface area contributed by atoms with E-state index in [0.717, 1.165) is 29.9 Å². The number of halogens is 1. The molecule has 2 heterocycles. The number of hydrogen-bond donors (Lipinski definition) is 0. The molecule has 0 aromatic carbocycles. The van der Waals surface area contributed by atoms with E-state index in [1.54, 1.807) is 0 Å². The van der Waals surface area contributed by atoms with Crippen LogP contribution in [0.25, 0.3) is 11.6 Å². The van der Waals surface area contributed by atoms with Crippen LogP contribution >= 0.6 is 11.6 Å². The molecule has 0 atom stereocenters. The van der Waals surface area contributed by atoms with E-state index in [0.29, 0.717) is 16.7 Å². The van der Waals surface area contributed by atoms with Crippen molar-refractivity contribution in [1.29, 1.82) is 0 Å². The molecule has 0 aliphatic heterocycles. The molecule has 1 aliphatic rings. The monoisotopic (exact) mass is 262 g/mol. The summed E-state index contributed by atoms with van der Waals surface area (Å²) in [6, 6.07) is 3.81. The molecule has 0 unspecified atom stereocenters. The van der Waals surface area contributed by atoms with Crippen LogP contribution in [-0.2, 0) is 12.8 Å². The Morgan fingerprint density at radius 1 is 1.11 bits per heavy atom. The summed E-state index contributed by atoms with van der Waals surface area (Å²) in [4.78, 5) is 9.00. The van der Waals surface area contributed by atoms with Crippen LogP contribution in [0.3, 0.4) is 0 Å². The zero-order valence-corrected chi connectivity index (χ0v) is 11.1. The van der Waals surface area contributed by atoms with E-state index in [1.165, 1.54) is 19.3 Å². The van der Waals surface area contributed by atoms with Gasteiger partial charge in [0, 0.05) is 11.3 Å². The minimum absolute atomic E-state index is 0.589. The number of aromatic nitrogens is 2. The maximum Gasteiger partial charge on any atom is 0.197 e. The maximum absolute atomic E-state index is 6.28. The van der Waals surface area contributed by atoms with Gasteiger partial charge in [-0.1, -0.05) is 18.0 Å². The smallest absolute Gasteiger partial charge is 0.197 e. The largest absolute Gasteiger partial charge is 0.458 e. The summed E-state index contributed by atoms with van der Waals surface area (Å²) in [6.07, 6.45) is 5.57. The third-order valence-electron chi connectivity index (χ3n) is 3.34. The van der Waals surface area contributed by atoms with E-state index < -0.39 is 0 Å². The first-order valence-corrected chi connectivity index (χ1v) is 6.74. The van der Waals surface area contributed by atoms with E-state index in [4.69, 9.17) is 16.0 Å². The van der Waals surface area contributed by atoms with Crippen molar-refractivity contribution in [2.24, 2.45) is 0 Å². The highest BCUT2D eigenvalue weighted by molar-refractivity contribution is 6.30. The zero-order chi connectivity index (χ0) is 12.5. The quantitative estimate of drug-likeness (QED) is 0.577. The Morgan fingerprint density at radius 2 is 1.94 bits per heavy atom.